The Labute approximate surface area is 150 Å². The third kappa shape index (κ3) is 4.50. The van der Waals surface area contributed by atoms with Crippen molar-refractivity contribution in [1.82, 2.24) is 9.88 Å². The lowest BCUT2D eigenvalue weighted by Gasteiger charge is -2.45. The molecule has 1 saturated heterocycles. The molecule has 1 aromatic heterocycles. The van der Waals surface area contributed by atoms with Crippen molar-refractivity contribution in [2.24, 2.45) is 5.41 Å². The first-order valence-electron chi connectivity index (χ1n) is 8.96. The fraction of sp³-hybridized carbons (Fsp3) is 0.737. The Morgan fingerprint density at radius 2 is 2.12 bits per heavy atom. The van der Waals surface area contributed by atoms with E-state index in [0.717, 1.165) is 42.0 Å². The molecule has 2 N–H and O–H groups in total. The van der Waals surface area contributed by atoms with Crippen LogP contribution in [-0.2, 0) is 11.3 Å². The molecule has 0 amide bonds. The number of nitrogens with zero attached hydrogens (tertiary/aromatic N) is 2. The fourth-order valence-corrected chi connectivity index (χ4v) is 3.87. The number of piperidine rings is 1. The highest BCUT2D eigenvalue weighted by atomic mass is 16.5. The number of likely N-dealkylation sites (tertiary alicyclic amines) is 1. The first-order valence-corrected chi connectivity index (χ1v) is 8.96. The van der Waals surface area contributed by atoms with Gasteiger partial charge in [0.05, 0.1) is 25.5 Å². The number of aliphatic hydroxyl groups is 2. The molecule has 142 valence electrons. The Kier molecular flexibility index (Phi) is 7.19. The van der Waals surface area contributed by atoms with Crippen molar-refractivity contribution < 1.29 is 19.7 Å². The number of hydrogen-bond acceptors (Lipinski definition) is 6. The average Bonchev–Trinajstić information content (AvgIpc) is 2.61. The van der Waals surface area contributed by atoms with Crippen LogP contribution in [0.4, 0.5) is 0 Å². The molecule has 0 saturated carbocycles. The molecule has 0 aromatic carbocycles. The summed E-state index contributed by atoms with van der Waals surface area (Å²) < 4.78 is 10.6. The maximum atomic E-state index is 10.5. The normalized spacial score (nSPS) is 24.5. The zero-order chi connectivity index (χ0) is 18.4. The van der Waals surface area contributed by atoms with Crippen LogP contribution in [0.2, 0.25) is 0 Å². The number of hydrogen-bond donors (Lipinski definition) is 2. The Balaban J connectivity index is 2.13. The second-order valence-corrected chi connectivity index (χ2v) is 7.18. The number of pyridine rings is 1. The van der Waals surface area contributed by atoms with E-state index >= 15 is 0 Å². The molecule has 2 heterocycles. The molecule has 6 nitrogen and oxygen atoms in total. The lowest BCUT2D eigenvalue weighted by Crippen LogP contribution is -2.53. The first-order chi connectivity index (χ1) is 12.0. The van der Waals surface area contributed by atoms with E-state index in [2.05, 4.69) is 9.88 Å². The van der Waals surface area contributed by atoms with Gasteiger partial charge in [-0.2, -0.15) is 0 Å². The molecule has 1 aromatic rings. The lowest BCUT2D eigenvalue weighted by molar-refractivity contribution is -0.0845. The van der Waals surface area contributed by atoms with Crippen molar-refractivity contribution in [2.45, 2.75) is 45.8 Å². The minimum atomic E-state index is -0.487. The van der Waals surface area contributed by atoms with Gasteiger partial charge in [-0.3, -0.25) is 9.88 Å². The summed E-state index contributed by atoms with van der Waals surface area (Å²) in [6.45, 7) is 6.80. The summed E-state index contributed by atoms with van der Waals surface area (Å²) in [4.78, 5) is 6.86. The van der Waals surface area contributed by atoms with Gasteiger partial charge in [-0.05, 0) is 33.1 Å². The van der Waals surface area contributed by atoms with Crippen molar-refractivity contribution in [3.8, 4) is 5.75 Å². The third-order valence-electron chi connectivity index (χ3n) is 5.43. The van der Waals surface area contributed by atoms with Crippen LogP contribution in [0.5, 0.6) is 5.75 Å². The zero-order valence-corrected chi connectivity index (χ0v) is 15.9. The number of methoxy groups -OCH3 is 2. The monoisotopic (exact) mass is 352 g/mol. The molecule has 0 radical (unpaired) electrons. The minimum Gasteiger partial charge on any atom is -0.496 e. The van der Waals surface area contributed by atoms with Crippen LogP contribution in [-0.4, -0.2) is 66.7 Å². The molecule has 1 aliphatic rings. The van der Waals surface area contributed by atoms with Crippen LogP contribution in [0.25, 0.3) is 0 Å². The van der Waals surface area contributed by atoms with E-state index < -0.39 is 11.5 Å². The number of aliphatic hydroxyl groups excluding tert-OH is 2. The molecule has 1 aliphatic heterocycles. The Bertz CT molecular complexity index is 567. The van der Waals surface area contributed by atoms with Crippen molar-refractivity contribution >= 4 is 0 Å². The van der Waals surface area contributed by atoms with Gasteiger partial charge in [-0.1, -0.05) is 0 Å². The largest absolute Gasteiger partial charge is 0.496 e. The summed E-state index contributed by atoms with van der Waals surface area (Å²) in [6.07, 6.45) is 3.61. The van der Waals surface area contributed by atoms with Crippen molar-refractivity contribution in [3.63, 3.8) is 0 Å². The van der Waals surface area contributed by atoms with Crippen LogP contribution < -0.4 is 4.74 Å². The summed E-state index contributed by atoms with van der Waals surface area (Å²) in [5.41, 5.74) is 2.59. The van der Waals surface area contributed by atoms with Gasteiger partial charge in [0, 0.05) is 56.1 Å². The van der Waals surface area contributed by atoms with Crippen LogP contribution in [0.1, 0.15) is 36.1 Å². The molecular formula is C19H32N2O4. The van der Waals surface area contributed by atoms with Crippen LogP contribution in [0.3, 0.4) is 0 Å². The van der Waals surface area contributed by atoms with E-state index in [1.807, 2.05) is 20.0 Å². The predicted molar refractivity (Wildman–Crippen MR) is 96.8 cm³/mol. The zero-order valence-electron chi connectivity index (χ0n) is 15.9. The summed E-state index contributed by atoms with van der Waals surface area (Å²) in [5.74, 6) is 0.885. The van der Waals surface area contributed by atoms with E-state index in [4.69, 9.17) is 9.47 Å². The maximum absolute atomic E-state index is 10.5. The highest BCUT2D eigenvalue weighted by Gasteiger charge is 2.42. The molecule has 0 unspecified atom stereocenters. The number of aromatic nitrogens is 1. The van der Waals surface area contributed by atoms with Gasteiger partial charge in [0.1, 0.15) is 5.75 Å². The number of rotatable bonds is 8. The second-order valence-electron chi connectivity index (χ2n) is 7.18. The predicted octanol–water partition coefficient (Wildman–Crippen LogP) is 1.68. The molecule has 0 spiro atoms. The highest BCUT2D eigenvalue weighted by molar-refractivity contribution is 5.41. The van der Waals surface area contributed by atoms with E-state index in [-0.39, 0.29) is 6.61 Å². The van der Waals surface area contributed by atoms with E-state index in [1.54, 1.807) is 14.2 Å². The molecule has 6 heteroatoms. The topological polar surface area (TPSA) is 75.1 Å². The SMILES string of the molecule is COCCC[C@@]1(CO)CN(Cc2ncc(C)c(OC)c2C)CC[C@H]1O. The minimum absolute atomic E-state index is 0.0159. The molecule has 25 heavy (non-hydrogen) atoms. The Morgan fingerprint density at radius 1 is 1.36 bits per heavy atom. The summed E-state index contributed by atoms with van der Waals surface area (Å²) in [6, 6.07) is 0. The molecule has 2 atom stereocenters. The van der Waals surface area contributed by atoms with Gasteiger partial charge >= 0.3 is 0 Å². The number of ether oxygens (including phenoxy) is 2. The van der Waals surface area contributed by atoms with E-state index in [1.165, 1.54) is 0 Å². The van der Waals surface area contributed by atoms with Gasteiger partial charge < -0.3 is 19.7 Å². The Hall–Kier alpha value is -1.21. The standard InChI is InChI=1S/C19H32N2O4/c1-14-10-20-16(15(2)18(14)25-4)11-21-8-6-17(23)19(12-21,13-22)7-5-9-24-3/h10,17,22-23H,5-9,11-13H2,1-4H3/t17-,19+/m1/s1. The van der Waals surface area contributed by atoms with Crippen molar-refractivity contribution in [2.75, 3.05) is 40.5 Å². The van der Waals surface area contributed by atoms with Gasteiger partial charge in [0.2, 0.25) is 0 Å². The van der Waals surface area contributed by atoms with Gasteiger partial charge in [0.25, 0.3) is 0 Å². The maximum Gasteiger partial charge on any atom is 0.128 e. The van der Waals surface area contributed by atoms with E-state index in [9.17, 15) is 10.2 Å². The quantitative estimate of drug-likeness (QED) is 0.694. The molecule has 1 fully saturated rings. The summed E-state index contributed by atoms with van der Waals surface area (Å²) in [5, 5.41) is 20.5. The highest BCUT2D eigenvalue weighted by Crippen LogP contribution is 2.36. The van der Waals surface area contributed by atoms with Crippen molar-refractivity contribution in [1.29, 1.82) is 0 Å². The van der Waals surface area contributed by atoms with E-state index in [0.29, 0.717) is 26.1 Å². The van der Waals surface area contributed by atoms with Crippen LogP contribution >= 0.6 is 0 Å². The molecule has 2 rings (SSSR count). The third-order valence-corrected chi connectivity index (χ3v) is 5.43. The first kappa shape index (κ1) is 20.1. The average molecular weight is 352 g/mol. The molecule has 0 aliphatic carbocycles. The fourth-order valence-electron chi connectivity index (χ4n) is 3.87. The lowest BCUT2D eigenvalue weighted by atomic mass is 9.74. The summed E-state index contributed by atoms with van der Waals surface area (Å²) >= 11 is 0. The van der Waals surface area contributed by atoms with Gasteiger partial charge in [-0.25, -0.2) is 0 Å². The number of aryl methyl sites for hydroxylation is 1. The van der Waals surface area contributed by atoms with Gasteiger partial charge in [0.15, 0.2) is 0 Å². The molecular weight excluding hydrogens is 320 g/mol. The second kappa shape index (κ2) is 8.94. The van der Waals surface area contributed by atoms with Crippen LogP contribution in [0, 0.1) is 19.3 Å². The molecule has 0 bridgehead atoms. The van der Waals surface area contributed by atoms with Gasteiger partial charge in [-0.15, -0.1) is 0 Å². The smallest absolute Gasteiger partial charge is 0.128 e. The van der Waals surface area contributed by atoms with Crippen molar-refractivity contribution in [3.05, 3.63) is 23.0 Å². The van der Waals surface area contributed by atoms with Crippen LogP contribution in [0.15, 0.2) is 6.20 Å². The summed E-state index contributed by atoms with van der Waals surface area (Å²) in [7, 11) is 3.36. The Morgan fingerprint density at radius 3 is 2.76 bits per heavy atom.